The first-order valence-electron chi connectivity index (χ1n) is 6.52. The summed E-state index contributed by atoms with van der Waals surface area (Å²) in [5.41, 5.74) is 3.45. The zero-order valence-corrected chi connectivity index (χ0v) is 10.9. The summed E-state index contributed by atoms with van der Waals surface area (Å²) in [4.78, 5) is 29.8. The molecule has 0 aliphatic heterocycles. The normalized spacial score (nSPS) is 12.2. The minimum Gasteiger partial charge on any atom is -0.478 e. The van der Waals surface area contributed by atoms with Gasteiger partial charge in [-0.05, 0) is 23.6 Å². The third-order valence-corrected chi connectivity index (χ3v) is 3.86. The first-order chi connectivity index (χ1) is 10.1. The van der Waals surface area contributed by atoms with Crippen molar-refractivity contribution >= 4 is 16.9 Å². The van der Waals surface area contributed by atoms with Crippen LogP contribution in [0.25, 0.3) is 22.2 Å². The highest BCUT2D eigenvalue weighted by atomic mass is 16.4. The van der Waals surface area contributed by atoms with E-state index in [0.29, 0.717) is 12.1 Å². The minimum absolute atomic E-state index is 0.0560. The molecule has 102 valence electrons. The number of H-pyrrole nitrogens is 1. The van der Waals surface area contributed by atoms with E-state index in [2.05, 4.69) is 9.97 Å². The van der Waals surface area contributed by atoms with E-state index in [1.165, 1.54) is 6.07 Å². The smallest absolute Gasteiger partial charge is 0.346 e. The Kier molecular flexibility index (Phi) is 2.27. The average molecular weight is 278 g/mol. The quantitative estimate of drug-likeness (QED) is 0.559. The van der Waals surface area contributed by atoms with E-state index in [0.717, 1.165) is 22.1 Å². The van der Waals surface area contributed by atoms with Crippen LogP contribution in [0.5, 0.6) is 0 Å². The fourth-order valence-corrected chi connectivity index (χ4v) is 2.97. The Bertz CT molecular complexity index is 973. The van der Waals surface area contributed by atoms with Gasteiger partial charge in [0.1, 0.15) is 0 Å². The van der Waals surface area contributed by atoms with Crippen LogP contribution in [0.2, 0.25) is 0 Å². The number of nitrogens with one attached hydrogen (secondary N) is 1. The third kappa shape index (κ3) is 1.61. The molecule has 3 aromatic rings. The molecule has 0 atom stereocenters. The van der Waals surface area contributed by atoms with E-state index in [1.807, 2.05) is 24.3 Å². The van der Waals surface area contributed by atoms with Crippen LogP contribution >= 0.6 is 0 Å². The molecule has 1 aliphatic rings. The lowest BCUT2D eigenvalue weighted by molar-refractivity contribution is 0.0699. The van der Waals surface area contributed by atoms with Crippen molar-refractivity contribution in [1.82, 2.24) is 9.97 Å². The summed E-state index contributed by atoms with van der Waals surface area (Å²) in [5.74, 6) is -1.08. The monoisotopic (exact) mass is 278 g/mol. The van der Waals surface area contributed by atoms with Gasteiger partial charge < -0.3 is 10.1 Å². The van der Waals surface area contributed by atoms with Crippen molar-refractivity contribution in [2.45, 2.75) is 6.42 Å². The average Bonchev–Trinajstić information content (AvgIpc) is 2.46. The third-order valence-electron chi connectivity index (χ3n) is 3.86. The fraction of sp³-hybridized carbons (Fsp3) is 0.0625. The van der Waals surface area contributed by atoms with Crippen LogP contribution in [-0.2, 0) is 6.42 Å². The number of hydrogen-bond donors (Lipinski definition) is 2. The van der Waals surface area contributed by atoms with Gasteiger partial charge in [0.25, 0.3) is 0 Å². The second kappa shape index (κ2) is 4.02. The van der Waals surface area contributed by atoms with Crippen LogP contribution in [0.15, 0.2) is 41.2 Å². The van der Waals surface area contributed by atoms with Gasteiger partial charge in [0.15, 0.2) is 0 Å². The summed E-state index contributed by atoms with van der Waals surface area (Å²) < 4.78 is 0. The lowest BCUT2D eigenvalue weighted by Crippen LogP contribution is -2.17. The Morgan fingerprint density at radius 3 is 2.76 bits per heavy atom. The molecule has 1 heterocycles. The van der Waals surface area contributed by atoms with Crippen LogP contribution in [0.4, 0.5) is 0 Å². The first kappa shape index (κ1) is 11.8. The molecule has 0 radical (unpaired) electrons. The Labute approximate surface area is 118 Å². The maximum Gasteiger partial charge on any atom is 0.346 e. The number of hydrogen-bond acceptors (Lipinski definition) is 3. The Morgan fingerprint density at radius 2 is 1.95 bits per heavy atom. The van der Waals surface area contributed by atoms with E-state index >= 15 is 0 Å². The lowest BCUT2D eigenvalue weighted by atomic mass is 9.87. The number of aromatic amines is 1. The minimum atomic E-state index is -1.08. The summed E-state index contributed by atoms with van der Waals surface area (Å²) in [6, 6.07) is 11.1. The summed E-state index contributed by atoms with van der Waals surface area (Å²) in [6.45, 7) is 0. The molecule has 21 heavy (non-hydrogen) atoms. The van der Waals surface area contributed by atoms with Crippen LogP contribution in [0.3, 0.4) is 0 Å². The standard InChI is InChI=1S/C16H10N2O3/c19-15(20)11-6-5-9-7-8-3-1-2-4-10(8)13-12(9)14(11)18-16(21)17-13/h1-6H,7H2,(H,19,20)(H,17,18,21). The molecular weight excluding hydrogens is 268 g/mol. The number of carboxylic acids is 1. The van der Waals surface area contributed by atoms with Crippen molar-refractivity contribution in [3.8, 4) is 11.3 Å². The zero-order chi connectivity index (χ0) is 14.6. The highest BCUT2D eigenvalue weighted by Crippen LogP contribution is 2.37. The summed E-state index contributed by atoms with van der Waals surface area (Å²) >= 11 is 0. The highest BCUT2D eigenvalue weighted by Gasteiger charge is 2.22. The number of nitrogens with zero attached hydrogens (tertiary/aromatic N) is 1. The Balaban J connectivity index is 2.23. The molecule has 0 saturated carbocycles. The second-order valence-electron chi connectivity index (χ2n) is 5.05. The molecule has 5 nitrogen and oxygen atoms in total. The summed E-state index contributed by atoms with van der Waals surface area (Å²) in [7, 11) is 0. The van der Waals surface area contributed by atoms with E-state index in [9.17, 15) is 14.7 Å². The van der Waals surface area contributed by atoms with Crippen molar-refractivity contribution < 1.29 is 9.90 Å². The summed E-state index contributed by atoms with van der Waals surface area (Å²) in [5, 5.41) is 10.0. The van der Waals surface area contributed by atoms with Gasteiger partial charge in [-0.15, -0.1) is 0 Å². The predicted octanol–water partition coefficient (Wildman–Crippen LogP) is 2.19. The van der Waals surface area contributed by atoms with Gasteiger partial charge >= 0.3 is 11.7 Å². The highest BCUT2D eigenvalue weighted by molar-refractivity contribution is 6.07. The lowest BCUT2D eigenvalue weighted by Gasteiger charge is -2.20. The molecule has 1 aromatic heterocycles. The fourth-order valence-electron chi connectivity index (χ4n) is 2.97. The molecule has 0 fully saturated rings. The second-order valence-corrected chi connectivity index (χ2v) is 5.05. The van der Waals surface area contributed by atoms with Gasteiger partial charge in [0.2, 0.25) is 0 Å². The number of benzene rings is 2. The maximum atomic E-state index is 11.8. The molecule has 1 aliphatic carbocycles. The number of carbonyl (C=O) groups is 1. The van der Waals surface area contributed by atoms with Gasteiger partial charge in [0.05, 0.1) is 16.8 Å². The molecule has 0 spiro atoms. The maximum absolute atomic E-state index is 11.8. The molecule has 2 N–H and O–H groups in total. The van der Waals surface area contributed by atoms with Gasteiger partial charge in [-0.1, -0.05) is 30.3 Å². The molecule has 0 bridgehead atoms. The van der Waals surface area contributed by atoms with Crippen molar-refractivity contribution in [2.24, 2.45) is 0 Å². The van der Waals surface area contributed by atoms with Gasteiger partial charge in [0, 0.05) is 10.9 Å². The van der Waals surface area contributed by atoms with Crippen molar-refractivity contribution in [1.29, 1.82) is 0 Å². The number of aromatic carboxylic acids is 1. The van der Waals surface area contributed by atoms with Gasteiger partial charge in [-0.2, -0.15) is 4.98 Å². The molecule has 2 aromatic carbocycles. The van der Waals surface area contributed by atoms with Crippen LogP contribution in [-0.4, -0.2) is 21.0 Å². The van der Waals surface area contributed by atoms with E-state index < -0.39 is 11.7 Å². The first-order valence-corrected chi connectivity index (χ1v) is 6.52. The molecule has 4 rings (SSSR count). The SMILES string of the molecule is O=C(O)c1ccc2c3c([nH]c(=O)nc13)-c1ccccc1C2. The number of aromatic nitrogens is 2. The largest absolute Gasteiger partial charge is 0.478 e. The van der Waals surface area contributed by atoms with Crippen molar-refractivity contribution in [3.05, 3.63) is 63.6 Å². The summed E-state index contributed by atoms with van der Waals surface area (Å²) in [6.07, 6.45) is 0.702. The molecule has 0 saturated heterocycles. The van der Waals surface area contributed by atoms with E-state index in [1.54, 1.807) is 6.07 Å². The topological polar surface area (TPSA) is 83.0 Å². The zero-order valence-electron chi connectivity index (χ0n) is 10.9. The van der Waals surface area contributed by atoms with Gasteiger partial charge in [-0.3, -0.25) is 0 Å². The van der Waals surface area contributed by atoms with Crippen molar-refractivity contribution in [2.75, 3.05) is 0 Å². The molecule has 0 amide bonds. The predicted molar refractivity (Wildman–Crippen MR) is 77.6 cm³/mol. The van der Waals surface area contributed by atoms with E-state index in [-0.39, 0.29) is 11.1 Å². The van der Waals surface area contributed by atoms with Crippen LogP contribution < -0.4 is 5.69 Å². The Hall–Kier alpha value is -2.95. The molecule has 5 heteroatoms. The number of fused-ring (bicyclic) bond motifs is 2. The number of carboxylic acid groups (broad SMARTS) is 1. The van der Waals surface area contributed by atoms with Crippen LogP contribution in [0.1, 0.15) is 21.5 Å². The van der Waals surface area contributed by atoms with Crippen LogP contribution in [0, 0.1) is 0 Å². The van der Waals surface area contributed by atoms with Gasteiger partial charge in [-0.25, -0.2) is 9.59 Å². The Morgan fingerprint density at radius 1 is 1.14 bits per heavy atom. The molecular formula is C16H10N2O3. The van der Waals surface area contributed by atoms with E-state index in [4.69, 9.17) is 0 Å². The van der Waals surface area contributed by atoms with Crippen molar-refractivity contribution in [3.63, 3.8) is 0 Å². The number of rotatable bonds is 1. The molecule has 0 unspecified atom stereocenters.